The molecule has 1 saturated carbocycles. The van der Waals surface area contributed by atoms with Crippen molar-refractivity contribution in [3.05, 3.63) is 0 Å². The first-order valence-electron chi connectivity index (χ1n) is 7.36. The third kappa shape index (κ3) is 3.61. The van der Waals surface area contributed by atoms with Gasteiger partial charge in [-0.25, -0.2) is 4.79 Å². The maximum Gasteiger partial charge on any atom is 0.317 e. The summed E-state index contributed by atoms with van der Waals surface area (Å²) in [6.07, 6.45) is 6.36. The van der Waals surface area contributed by atoms with Crippen LogP contribution in [0.15, 0.2) is 0 Å². The Morgan fingerprint density at radius 3 is 2.53 bits per heavy atom. The summed E-state index contributed by atoms with van der Waals surface area (Å²) in [4.78, 5) is 24.8. The molecule has 1 aliphatic carbocycles. The number of carbonyl (C=O) groups is 2. The number of nitrogens with zero attached hydrogens (tertiary/aromatic N) is 1. The molecule has 0 aromatic heterocycles. The normalized spacial score (nSPS) is 26.2. The van der Waals surface area contributed by atoms with Crippen LogP contribution in [-0.4, -0.2) is 41.1 Å². The molecule has 2 atom stereocenters. The van der Waals surface area contributed by atoms with Crippen LogP contribution < -0.4 is 5.32 Å². The van der Waals surface area contributed by atoms with Gasteiger partial charge in [-0.2, -0.15) is 0 Å². The first kappa shape index (κ1) is 14.2. The van der Waals surface area contributed by atoms with Crippen LogP contribution in [0.1, 0.15) is 45.4 Å². The number of carbonyl (C=O) groups excluding carboxylic acids is 1. The van der Waals surface area contributed by atoms with E-state index in [1.54, 1.807) is 4.90 Å². The molecule has 5 heteroatoms. The highest BCUT2D eigenvalue weighted by Gasteiger charge is 2.30. The fourth-order valence-corrected chi connectivity index (χ4v) is 3.22. The minimum Gasteiger partial charge on any atom is -0.481 e. The summed E-state index contributed by atoms with van der Waals surface area (Å²) in [5, 5.41) is 12.1. The summed E-state index contributed by atoms with van der Waals surface area (Å²) in [7, 11) is 0. The highest BCUT2D eigenvalue weighted by atomic mass is 16.4. The summed E-state index contributed by atoms with van der Waals surface area (Å²) in [5.74, 6) is -0.605. The van der Waals surface area contributed by atoms with Crippen molar-refractivity contribution in [2.24, 2.45) is 11.8 Å². The molecule has 2 rings (SSSR count). The Morgan fingerprint density at radius 1 is 1.21 bits per heavy atom. The summed E-state index contributed by atoms with van der Waals surface area (Å²) < 4.78 is 0. The minimum absolute atomic E-state index is 0.0923. The number of likely N-dealkylation sites (tertiary alicyclic amines) is 1. The van der Waals surface area contributed by atoms with E-state index in [2.05, 4.69) is 12.2 Å². The number of amides is 2. The van der Waals surface area contributed by atoms with E-state index in [1.165, 1.54) is 25.7 Å². The van der Waals surface area contributed by atoms with Crippen molar-refractivity contribution in [2.45, 2.75) is 51.5 Å². The summed E-state index contributed by atoms with van der Waals surface area (Å²) in [6.45, 7) is 3.08. The molecule has 1 heterocycles. The number of nitrogens with one attached hydrogen (secondary N) is 1. The van der Waals surface area contributed by atoms with Crippen molar-refractivity contribution in [1.29, 1.82) is 0 Å². The average Bonchev–Trinajstić information content (AvgIpc) is 2.92. The maximum absolute atomic E-state index is 12.2. The van der Waals surface area contributed by atoms with Crippen molar-refractivity contribution in [1.82, 2.24) is 10.2 Å². The van der Waals surface area contributed by atoms with E-state index in [1.807, 2.05) is 0 Å². The van der Waals surface area contributed by atoms with Crippen LogP contribution in [0.3, 0.4) is 0 Å². The monoisotopic (exact) mass is 268 g/mol. The quantitative estimate of drug-likeness (QED) is 0.823. The van der Waals surface area contributed by atoms with Gasteiger partial charge in [-0.15, -0.1) is 0 Å². The molecule has 0 spiro atoms. The Balaban J connectivity index is 1.83. The number of hydrogen-bond donors (Lipinski definition) is 2. The molecule has 0 aromatic rings. The van der Waals surface area contributed by atoms with Gasteiger partial charge in [0.15, 0.2) is 0 Å². The van der Waals surface area contributed by atoms with Crippen LogP contribution in [0, 0.1) is 11.8 Å². The molecule has 1 saturated heterocycles. The summed E-state index contributed by atoms with van der Waals surface area (Å²) >= 11 is 0. The average molecular weight is 268 g/mol. The zero-order valence-corrected chi connectivity index (χ0v) is 11.6. The lowest BCUT2D eigenvalue weighted by molar-refractivity contribution is -0.143. The van der Waals surface area contributed by atoms with Crippen molar-refractivity contribution in [2.75, 3.05) is 13.1 Å². The number of hydrogen-bond acceptors (Lipinski definition) is 2. The van der Waals surface area contributed by atoms with E-state index in [0.29, 0.717) is 25.4 Å². The van der Waals surface area contributed by atoms with Crippen molar-refractivity contribution in [3.8, 4) is 0 Å². The molecule has 19 heavy (non-hydrogen) atoms. The van der Waals surface area contributed by atoms with Crippen LogP contribution in [-0.2, 0) is 4.79 Å². The van der Waals surface area contributed by atoms with E-state index < -0.39 is 11.9 Å². The molecular weight excluding hydrogens is 244 g/mol. The fraction of sp³-hybridized carbons (Fsp3) is 0.857. The highest BCUT2D eigenvalue weighted by molar-refractivity contribution is 5.76. The molecule has 0 radical (unpaired) electrons. The van der Waals surface area contributed by atoms with Gasteiger partial charge < -0.3 is 15.3 Å². The largest absolute Gasteiger partial charge is 0.481 e. The lowest BCUT2D eigenvalue weighted by Crippen LogP contribution is -2.50. The topological polar surface area (TPSA) is 69.6 Å². The van der Waals surface area contributed by atoms with Gasteiger partial charge in [0.05, 0.1) is 5.92 Å². The maximum atomic E-state index is 12.2. The summed E-state index contributed by atoms with van der Waals surface area (Å²) in [6, 6.07) is 0.102. The Kier molecular flexibility index (Phi) is 4.66. The van der Waals surface area contributed by atoms with Gasteiger partial charge in [0.25, 0.3) is 0 Å². The van der Waals surface area contributed by atoms with Crippen LogP contribution in [0.25, 0.3) is 0 Å². The first-order chi connectivity index (χ1) is 9.08. The third-order valence-electron chi connectivity index (χ3n) is 4.52. The highest BCUT2D eigenvalue weighted by Crippen LogP contribution is 2.27. The van der Waals surface area contributed by atoms with Gasteiger partial charge >= 0.3 is 12.0 Å². The fourth-order valence-electron chi connectivity index (χ4n) is 3.22. The number of rotatable bonds is 3. The van der Waals surface area contributed by atoms with E-state index >= 15 is 0 Å². The smallest absolute Gasteiger partial charge is 0.317 e. The standard InChI is InChI=1S/C14H24N2O3/c1-10(11-5-2-3-6-11)15-14(19)16-8-4-7-12(9-16)13(17)18/h10-12H,2-9H2,1H3,(H,15,19)(H,17,18)/t10-,12?/m0/s1. The Labute approximate surface area is 114 Å². The van der Waals surface area contributed by atoms with Crippen molar-refractivity contribution < 1.29 is 14.7 Å². The zero-order chi connectivity index (χ0) is 13.8. The first-order valence-corrected chi connectivity index (χ1v) is 7.36. The SMILES string of the molecule is C[C@H](NC(=O)N1CCCC(C(=O)O)C1)C1CCCC1. The number of carboxylic acid groups (broad SMARTS) is 1. The Bertz CT molecular complexity index is 340. The Hall–Kier alpha value is -1.26. The van der Waals surface area contributed by atoms with Gasteiger partial charge in [0.1, 0.15) is 0 Å². The van der Waals surface area contributed by atoms with Gasteiger partial charge in [0.2, 0.25) is 0 Å². The zero-order valence-electron chi connectivity index (χ0n) is 11.6. The van der Waals surface area contributed by atoms with Gasteiger partial charge in [-0.3, -0.25) is 4.79 Å². The van der Waals surface area contributed by atoms with Crippen molar-refractivity contribution in [3.63, 3.8) is 0 Å². The van der Waals surface area contributed by atoms with E-state index in [9.17, 15) is 9.59 Å². The molecule has 2 amide bonds. The molecule has 0 aromatic carbocycles. The molecule has 108 valence electrons. The molecule has 0 bridgehead atoms. The van der Waals surface area contributed by atoms with Crippen LogP contribution in [0.5, 0.6) is 0 Å². The lowest BCUT2D eigenvalue weighted by atomic mass is 9.98. The second-order valence-electron chi connectivity index (χ2n) is 5.91. The molecule has 1 unspecified atom stereocenters. The molecule has 5 nitrogen and oxygen atoms in total. The minimum atomic E-state index is -0.790. The number of carboxylic acids is 1. The van der Waals surface area contributed by atoms with Crippen LogP contribution >= 0.6 is 0 Å². The number of piperidine rings is 1. The molecular formula is C14H24N2O3. The molecule has 2 N–H and O–H groups in total. The number of aliphatic carboxylic acids is 1. The lowest BCUT2D eigenvalue weighted by Gasteiger charge is -2.32. The van der Waals surface area contributed by atoms with Crippen LogP contribution in [0.4, 0.5) is 4.79 Å². The summed E-state index contributed by atoms with van der Waals surface area (Å²) in [5.41, 5.74) is 0. The second kappa shape index (κ2) is 6.26. The molecule has 2 aliphatic rings. The van der Waals surface area contributed by atoms with Gasteiger partial charge in [-0.1, -0.05) is 12.8 Å². The molecule has 1 aliphatic heterocycles. The third-order valence-corrected chi connectivity index (χ3v) is 4.52. The van der Waals surface area contributed by atoms with Crippen LogP contribution in [0.2, 0.25) is 0 Å². The van der Waals surface area contributed by atoms with Crippen molar-refractivity contribution >= 4 is 12.0 Å². The Morgan fingerprint density at radius 2 is 1.89 bits per heavy atom. The number of urea groups is 1. The predicted molar refractivity (Wildman–Crippen MR) is 71.9 cm³/mol. The molecule has 2 fully saturated rings. The van der Waals surface area contributed by atoms with E-state index in [4.69, 9.17) is 5.11 Å². The second-order valence-corrected chi connectivity index (χ2v) is 5.91. The van der Waals surface area contributed by atoms with E-state index in [-0.39, 0.29) is 12.1 Å². The van der Waals surface area contributed by atoms with Gasteiger partial charge in [-0.05, 0) is 38.5 Å². The predicted octanol–water partition coefficient (Wildman–Crippen LogP) is 2.07. The van der Waals surface area contributed by atoms with Gasteiger partial charge in [0, 0.05) is 19.1 Å². The van der Waals surface area contributed by atoms with E-state index in [0.717, 1.165) is 6.42 Å².